The number of unbranched alkanes of at least 4 members (excludes halogenated alkanes) is 1. The number of allylic oxidation sites excluding steroid dienone is 1. The van der Waals surface area contributed by atoms with Crippen molar-refractivity contribution in [3.63, 3.8) is 0 Å². The quantitative estimate of drug-likeness (QED) is 0.450. The van der Waals surface area contributed by atoms with Crippen LogP contribution in [-0.4, -0.2) is 12.6 Å². The number of aryl methyl sites for hydroxylation is 1. The van der Waals surface area contributed by atoms with Gasteiger partial charge in [-0.05, 0) is 31.7 Å². The van der Waals surface area contributed by atoms with Crippen LogP contribution < -0.4 is 0 Å². The van der Waals surface area contributed by atoms with Crippen LogP contribution in [0.2, 0.25) is 0 Å². The van der Waals surface area contributed by atoms with Gasteiger partial charge < -0.3 is 4.74 Å². The van der Waals surface area contributed by atoms with Crippen LogP contribution in [0.3, 0.4) is 0 Å². The van der Waals surface area contributed by atoms with Gasteiger partial charge in [0, 0.05) is 6.42 Å². The van der Waals surface area contributed by atoms with E-state index in [-0.39, 0.29) is 11.4 Å². The highest BCUT2D eigenvalue weighted by Gasteiger charge is 2.37. The summed E-state index contributed by atoms with van der Waals surface area (Å²) in [7, 11) is 0. The van der Waals surface area contributed by atoms with Crippen LogP contribution in [0.5, 0.6) is 0 Å². The predicted octanol–water partition coefficient (Wildman–Crippen LogP) is 3.52. The predicted molar refractivity (Wildman–Crippen MR) is 72.2 cm³/mol. The number of carbonyl (C=O) groups excluding carboxylic acids is 1. The second-order valence-corrected chi connectivity index (χ2v) is 5.08. The zero-order valence-corrected chi connectivity index (χ0v) is 10.9. The van der Waals surface area contributed by atoms with Crippen molar-refractivity contribution < 1.29 is 9.53 Å². The van der Waals surface area contributed by atoms with Crippen LogP contribution in [0.15, 0.2) is 42.5 Å². The summed E-state index contributed by atoms with van der Waals surface area (Å²) in [5.74, 6) is -0.0817. The summed E-state index contributed by atoms with van der Waals surface area (Å²) in [6.07, 6.45) is 8.17. The van der Waals surface area contributed by atoms with Gasteiger partial charge in [0.25, 0.3) is 0 Å². The van der Waals surface area contributed by atoms with Crippen molar-refractivity contribution in [2.75, 3.05) is 6.61 Å². The maximum absolute atomic E-state index is 11.5. The number of esters is 1. The highest BCUT2D eigenvalue weighted by molar-refractivity contribution is 5.80. The zero-order chi connectivity index (χ0) is 12.8. The van der Waals surface area contributed by atoms with Crippen LogP contribution in [0.1, 0.15) is 31.7 Å². The van der Waals surface area contributed by atoms with Gasteiger partial charge >= 0.3 is 5.97 Å². The Morgan fingerprint density at radius 1 is 1.33 bits per heavy atom. The summed E-state index contributed by atoms with van der Waals surface area (Å²) in [5.41, 5.74) is 0.990. The molecule has 0 unspecified atom stereocenters. The lowest BCUT2D eigenvalue weighted by atomic mass is 9.88. The highest BCUT2D eigenvalue weighted by Crippen LogP contribution is 2.30. The number of ether oxygens (including phenoxy) is 1. The van der Waals surface area contributed by atoms with E-state index in [4.69, 9.17) is 4.74 Å². The van der Waals surface area contributed by atoms with Gasteiger partial charge in [0.05, 0.1) is 12.0 Å². The molecule has 18 heavy (non-hydrogen) atoms. The molecular weight excluding hydrogens is 224 g/mol. The summed E-state index contributed by atoms with van der Waals surface area (Å²) < 4.78 is 5.00. The van der Waals surface area contributed by atoms with Crippen LogP contribution in [0.4, 0.5) is 0 Å². The largest absolute Gasteiger partial charge is 0.465 e. The topological polar surface area (TPSA) is 26.3 Å². The van der Waals surface area contributed by atoms with E-state index in [2.05, 4.69) is 30.3 Å². The molecular formula is C16H20O2. The molecule has 1 aromatic carbocycles. The molecule has 0 spiro atoms. The van der Waals surface area contributed by atoms with Crippen LogP contribution >= 0.6 is 0 Å². The van der Waals surface area contributed by atoms with Gasteiger partial charge in [-0.2, -0.15) is 0 Å². The van der Waals surface area contributed by atoms with E-state index in [0.29, 0.717) is 6.61 Å². The SMILES string of the molecule is C[C@@]1(/C=C/CCCc2ccccc2)CCOC1=O. The standard InChI is InChI=1S/C16H20O2/c1-16(12-13-18-15(16)17)11-7-3-6-10-14-8-4-2-5-9-14/h2,4-5,7-9,11H,3,6,10,12-13H2,1H3/b11-7+/t16-/m1/s1. The summed E-state index contributed by atoms with van der Waals surface area (Å²) in [4.78, 5) is 11.5. The fourth-order valence-electron chi connectivity index (χ4n) is 2.19. The van der Waals surface area contributed by atoms with Gasteiger partial charge in [-0.1, -0.05) is 42.5 Å². The van der Waals surface area contributed by atoms with E-state index in [1.54, 1.807) is 0 Å². The Hall–Kier alpha value is -1.57. The number of rotatable bonds is 5. The smallest absolute Gasteiger partial charge is 0.315 e. The maximum Gasteiger partial charge on any atom is 0.315 e. The lowest BCUT2D eigenvalue weighted by molar-refractivity contribution is -0.143. The normalized spacial score (nSPS) is 23.5. The van der Waals surface area contributed by atoms with Gasteiger partial charge in [-0.3, -0.25) is 4.79 Å². The van der Waals surface area contributed by atoms with Crippen LogP contribution in [0.25, 0.3) is 0 Å². The molecule has 1 saturated heterocycles. The lowest BCUT2D eigenvalue weighted by Gasteiger charge is -2.12. The lowest BCUT2D eigenvalue weighted by Crippen LogP contribution is -2.18. The summed E-state index contributed by atoms with van der Waals surface area (Å²) in [6, 6.07) is 10.5. The van der Waals surface area contributed by atoms with E-state index >= 15 is 0 Å². The molecule has 96 valence electrons. The summed E-state index contributed by atoms with van der Waals surface area (Å²) in [5, 5.41) is 0. The number of cyclic esters (lactones) is 1. The molecule has 1 heterocycles. The number of carbonyl (C=O) groups is 1. The highest BCUT2D eigenvalue weighted by atomic mass is 16.5. The van der Waals surface area contributed by atoms with Crippen molar-refractivity contribution in [1.29, 1.82) is 0 Å². The molecule has 1 aliphatic rings. The van der Waals surface area contributed by atoms with Gasteiger partial charge in [0.2, 0.25) is 0 Å². The minimum Gasteiger partial charge on any atom is -0.465 e. The Morgan fingerprint density at radius 2 is 2.11 bits per heavy atom. The number of benzene rings is 1. The average molecular weight is 244 g/mol. The van der Waals surface area contributed by atoms with E-state index in [0.717, 1.165) is 25.7 Å². The molecule has 0 aromatic heterocycles. The van der Waals surface area contributed by atoms with E-state index in [9.17, 15) is 4.79 Å². The minimum absolute atomic E-state index is 0.0817. The maximum atomic E-state index is 11.5. The van der Waals surface area contributed by atoms with Gasteiger partial charge in [-0.15, -0.1) is 0 Å². The fourth-order valence-corrected chi connectivity index (χ4v) is 2.19. The average Bonchev–Trinajstić information content (AvgIpc) is 2.71. The molecule has 0 radical (unpaired) electrons. The molecule has 1 aliphatic heterocycles. The molecule has 0 saturated carbocycles. The Balaban J connectivity index is 1.74. The first-order valence-corrected chi connectivity index (χ1v) is 6.59. The third-order valence-corrected chi connectivity index (χ3v) is 3.49. The third kappa shape index (κ3) is 3.22. The van der Waals surface area contributed by atoms with Crippen molar-refractivity contribution in [1.82, 2.24) is 0 Å². The summed E-state index contributed by atoms with van der Waals surface area (Å²) >= 11 is 0. The fraction of sp³-hybridized carbons (Fsp3) is 0.438. The van der Waals surface area contributed by atoms with E-state index in [1.807, 2.05) is 19.1 Å². The van der Waals surface area contributed by atoms with Gasteiger partial charge in [-0.25, -0.2) is 0 Å². The molecule has 2 heteroatoms. The molecule has 2 nitrogen and oxygen atoms in total. The molecule has 0 bridgehead atoms. The zero-order valence-electron chi connectivity index (χ0n) is 10.9. The molecule has 1 atom stereocenters. The Bertz CT molecular complexity index is 422. The van der Waals surface area contributed by atoms with Crippen LogP contribution in [0, 0.1) is 5.41 Å². The van der Waals surface area contributed by atoms with Crippen molar-refractivity contribution in [2.24, 2.45) is 5.41 Å². The van der Waals surface area contributed by atoms with Crippen molar-refractivity contribution in [3.8, 4) is 0 Å². The first kappa shape index (κ1) is 12.9. The Labute approximate surface area is 109 Å². The molecule has 2 rings (SSSR count). The minimum atomic E-state index is -0.382. The van der Waals surface area contributed by atoms with Crippen molar-refractivity contribution in [3.05, 3.63) is 48.0 Å². The number of hydrogen-bond donors (Lipinski definition) is 0. The monoisotopic (exact) mass is 244 g/mol. The van der Waals surface area contributed by atoms with Gasteiger partial charge in [0.1, 0.15) is 0 Å². The molecule has 1 aromatic rings. The summed E-state index contributed by atoms with van der Waals surface area (Å²) in [6.45, 7) is 2.51. The van der Waals surface area contributed by atoms with Gasteiger partial charge in [0.15, 0.2) is 0 Å². The first-order chi connectivity index (χ1) is 8.71. The second-order valence-electron chi connectivity index (χ2n) is 5.08. The third-order valence-electron chi connectivity index (χ3n) is 3.49. The van der Waals surface area contributed by atoms with Crippen molar-refractivity contribution in [2.45, 2.75) is 32.6 Å². The van der Waals surface area contributed by atoms with E-state index in [1.165, 1.54) is 5.56 Å². The second kappa shape index (κ2) is 5.85. The van der Waals surface area contributed by atoms with Crippen molar-refractivity contribution >= 4 is 5.97 Å². The molecule has 0 N–H and O–H groups in total. The molecule has 0 aliphatic carbocycles. The molecule has 0 amide bonds. The van der Waals surface area contributed by atoms with Crippen LogP contribution in [-0.2, 0) is 16.0 Å². The van der Waals surface area contributed by atoms with E-state index < -0.39 is 0 Å². The molecule has 1 fully saturated rings. The Morgan fingerprint density at radius 3 is 2.78 bits per heavy atom. The Kier molecular flexibility index (Phi) is 4.19. The number of hydrogen-bond acceptors (Lipinski definition) is 2. The first-order valence-electron chi connectivity index (χ1n) is 6.59.